The second-order valence-corrected chi connectivity index (χ2v) is 3.96. The van der Waals surface area contributed by atoms with Gasteiger partial charge >= 0.3 is 0 Å². The zero-order chi connectivity index (χ0) is 13.8. The Kier molecular flexibility index (Phi) is 2.69. The first-order valence-corrected chi connectivity index (χ1v) is 4.73. The van der Waals surface area contributed by atoms with E-state index in [9.17, 15) is 31.1 Å². The van der Waals surface area contributed by atoms with Gasteiger partial charge in [0.15, 0.2) is 34.9 Å². The standard InChI is InChI=1S/C10HClF6O/c11-10(17)3(12)1-2(18)4-5(10)7(14)9(16)8(15)6(4)13/h1H. The molecule has 0 heterocycles. The lowest BCUT2D eigenvalue weighted by molar-refractivity contribution is 0.102. The lowest BCUT2D eigenvalue weighted by Gasteiger charge is -2.24. The molecule has 0 saturated heterocycles. The predicted molar refractivity (Wildman–Crippen MR) is 48.4 cm³/mol. The lowest BCUT2D eigenvalue weighted by atomic mass is 9.91. The summed E-state index contributed by atoms with van der Waals surface area (Å²) in [6.45, 7) is 0. The molecule has 0 fully saturated rings. The number of carbonyl (C=O) groups excluding carboxylic acids is 1. The molecule has 1 aromatic carbocycles. The molecule has 0 N–H and O–H groups in total. The van der Waals surface area contributed by atoms with Crippen molar-refractivity contribution in [1.29, 1.82) is 0 Å². The first-order chi connectivity index (χ1) is 8.19. The fourth-order valence-corrected chi connectivity index (χ4v) is 1.79. The molecular weight excluding hydrogens is 286 g/mol. The van der Waals surface area contributed by atoms with Gasteiger partial charge in [-0.05, 0) is 0 Å². The summed E-state index contributed by atoms with van der Waals surface area (Å²) in [6, 6.07) is 0. The van der Waals surface area contributed by atoms with Gasteiger partial charge in [0.05, 0.1) is 11.1 Å². The summed E-state index contributed by atoms with van der Waals surface area (Å²) in [5.41, 5.74) is -3.17. The number of ketones is 1. The molecule has 8 heteroatoms. The largest absolute Gasteiger partial charge is 0.289 e. The molecule has 0 saturated carbocycles. The lowest BCUT2D eigenvalue weighted by Crippen LogP contribution is -2.27. The average molecular weight is 287 g/mol. The van der Waals surface area contributed by atoms with Crippen molar-refractivity contribution in [3.63, 3.8) is 0 Å². The van der Waals surface area contributed by atoms with Crippen LogP contribution in [0.2, 0.25) is 0 Å². The molecule has 0 spiro atoms. The number of fused-ring (bicyclic) bond motifs is 1. The zero-order valence-electron chi connectivity index (χ0n) is 8.13. The minimum Gasteiger partial charge on any atom is -0.289 e. The van der Waals surface area contributed by atoms with Gasteiger partial charge in [0.1, 0.15) is 0 Å². The number of alkyl halides is 2. The number of hydrogen-bond acceptors (Lipinski definition) is 1. The smallest absolute Gasteiger partial charge is 0.263 e. The Morgan fingerprint density at radius 3 is 2.00 bits per heavy atom. The summed E-state index contributed by atoms with van der Waals surface area (Å²) >= 11 is 4.96. The Morgan fingerprint density at radius 1 is 0.944 bits per heavy atom. The van der Waals surface area contributed by atoms with Crippen molar-refractivity contribution in [3.05, 3.63) is 46.3 Å². The van der Waals surface area contributed by atoms with E-state index >= 15 is 0 Å². The van der Waals surface area contributed by atoms with Crippen molar-refractivity contribution in [2.24, 2.45) is 0 Å². The van der Waals surface area contributed by atoms with Gasteiger partial charge in [0.2, 0.25) is 0 Å². The molecule has 0 amide bonds. The molecule has 1 atom stereocenters. The molecule has 18 heavy (non-hydrogen) atoms. The molecule has 0 aliphatic heterocycles. The van der Waals surface area contributed by atoms with Crippen LogP contribution in [0.15, 0.2) is 11.9 Å². The van der Waals surface area contributed by atoms with E-state index in [4.69, 9.17) is 11.6 Å². The van der Waals surface area contributed by atoms with Gasteiger partial charge in [0, 0.05) is 6.08 Å². The minimum absolute atomic E-state index is 0.0603. The highest BCUT2D eigenvalue weighted by Crippen LogP contribution is 2.46. The molecule has 0 bridgehead atoms. The quantitative estimate of drug-likeness (QED) is 0.308. The number of hydrogen-bond donors (Lipinski definition) is 0. The van der Waals surface area contributed by atoms with E-state index in [1.165, 1.54) is 0 Å². The molecule has 1 aliphatic rings. The fraction of sp³-hybridized carbons (Fsp3) is 0.100. The van der Waals surface area contributed by atoms with Crippen molar-refractivity contribution in [2.45, 2.75) is 5.13 Å². The maximum absolute atomic E-state index is 13.7. The first kappa shape index (κ1) is 12.9. The van der Waals surface area contributed by atoms with Crippen LogP contribution in [-0.4, -0.2) is 5.78 Å². The summed E-state index contributed by atoms with van der Waals surface area (Å²) in [7, 11) is 0. The molecule has 1 nitrogen and oxygen atoms in total. The van der Waals surface area contributed by atoms with Gasteiger partial charge in [-0.15, -0.1) is 0 Å². The summed E-state index contributed by atoms with van der Waals surface area (Å²) < 4.78 is 79.1. The van der Waals surface area contributed by atoms with Crippen molar-refractivity contribution < 1.29 is 31.1 Å². The summed E-state index contributed by atoms with van der Waals surface area (Å²) in [6.07, 6.45) is -0.0603. The number of halogens is 7. The second-order valence-electron chi connectivity index (χ2n) is 3.44. The number of allylic oxidation sites excluding steroid dienone is 2. The Labute approximate surface area is 101 Å². The highest BCUT2D eigenvalue weighted by atomic mass is 35.5. The van der Waals surface area contributed by atoms with Crippen LogP contribution in [0.1, 0.15) is 15.9 Å². The Balaban J connectivity index is 2.96. The average Bonchev–Trinajstić information content (AvgIpc) is 2.28. The second kappa shape index (κ2) is 3.74. The topological polar surface area (TPSA) is 17.1 Å². The molecule has 1 aromatic rings. The molecule has 1 unspecified atom stereocenters. The van der Waals surface area contributed by atoms with E-state index in [2.05, 4.69) is 0 Å². The van der Waals surface area contributed by atoms with Gasteiger partial charge in [-0.3, -0.25) is 4.79 Å². The van der Waals surface area contributed by atoms with Gasteiger partial charge in [0.25, 0.3) is 5.13 Å². The summed E-state index contributed by atoms with van der Waals surface area (Å²) in [5, 5.41) is -3.76. The maximum Gasteiger partial charge on any atom is 0.263 e. The number of benzene rings is 1. The van der Waals surface area contributed by atoms with Crippen LogP contribution in [0, 0.1) is 23.3 Å². The van der Waals surface area contributed by atoms with Crippen LogP contribution in [-0.2, 0) is 5.13 Å². The monoisotopic (exact) mass is 286 g/mol. The first-order valence-electron chi connectivity index (χ1n) is 4.35. The van der Waals surface area contributed by atoms with E-state index in [1.807, 2.05) is 0 Å². The van der Waals surface area contributed by atoms with E-state index in [-0.39, 0.29) is 6.08 Å². The Hall–Kier alpha value is -1.50. The normalized spacial score (nSPS) is 22.8. The van der Waals surface area contributed by atoms with Crippen molar-refractivity contribution in [2.75, 3.05) is 0 Å². The summed E-state index contributed by atoms with van der Waals surface area (Å²) in [5.74, 6) is -12.5. The third-order valence-electron chi connectivity index (χ3n) is 2.39. The van der Waals surface area contributed by atoms with Crippen molar-refractivity contribution in [3.8, 4) is 0 Å². The SMILES string of the molecule is O=C1C=C(F)C(F)(Cl)c2c(F)c(F)c(F)c(F)c21. The van der Waals surface area contributed by atoms with Crippen LogP contribution < -0.4 is 0 Å². The van der Waals surface area contributed by atoms with Crippen LogP contribution in [0.25, 0.3) is 0 Å². The van der Waals surface area contributed by atoms with Crippen LogP contribution in [0.4, 0.5) is 26.3 Å². The molecular formula is C10HClF6O. The van der Waals surface area contributed by atoms with Crippen molar-refractivity contribution in [1.82, 2.24) is 0 Å². The predicted octanol–water partition coefficient (Wildman–Crippen LogP) is 3.65. The fourth-order valence-electron chi connectivity index (χ4n) is 1.56. The highest BCUT2D eigenvalue weighted by Gasteiger charge is 2.48. The third-order valence-corrected chi connectivity index (χ3v) is 2.75. The van der Waals surface area contributed by atoms with E-state index in [0.717, 1.165) is 0 Å². The highest BCUT2D eigenvalue weighted by molar-refractivity contribution is 6.27. The third kappa shape index (κ3) is 1.46. The molecule has 2 rings (SSSR count). The minimum atomic E-state index is -3.76. The number of carbonyl (C=O) groups is 1. The van der Waals surface area contributed by atoms with Gasteiger partial charge in [-0.2, -0.15) is 0 Å². The van der Waals surface area contributed by atoms with E-state index in [1.54, 1.807) is 0 Å². The van der Waals surface area contributed by atoms with Gasteiger partial charge < -0.3 is 0 Å². The Morgan fingerprint density at radius 2 is 1.44 bits per heavy atom. The molecule has 0 aromatic heterocycles. The van der Waals surface area contributed by atoms with E-state index < -0.39 is 51.1 Å². The van der Waals surface area contributed by atoms with Gasteiger partial charge in [-0.1, -0.05) is 11.6 Å². The molecule has 1 aliphatic carbocycles. The number of rotatable bonds is 0. The van der Waals surface area contributed by atoms with Crippen molar-refractivity contribution >= 4 is 17.4 Å². The summed E-state index contributed by atoms with van der Waals surface area (Å²) in [4.78, 5) is 11.2. The van der Waals surface area contributed by atoms with E-state index in [0.29, 0.717) is 0 Å². The Bertz CT molecular complexity index is 607. The van der Waals surface area contributed by atoms with Gasteiger partial charge in [-0.25, -0.2) is 26.3 Å². The van der Waals surface area contributed by atoms with Crippen LogP contribution >= 0.6 is 11.6 Å². The zero-order valence-corrected chi connectivity index (χ0v) is 8.89. The van der Waals surface area contributed by atoms with Crippen LogP contribution in [0.5, 0.6) is 0 Å². The van der Waals surface area contributed by atoms with Crippen LogP contribution in [0.3, 0.4) is 0 Å². The molecule has 0 radical (unpaired) electrons. The maximum atomic E-state index is 13.7. The molecule has 96 valence electrons.